The summed E-state index contributed by atoms with van der Waals surface area (Å²) >= 11 is 0.989. The third-order valence-corrected chi connectivity index (χ3v) is 8.08. The molecule has 0 radical (unpaired) electrons. The van der Waals surface area contributed by atoms with E-state index >= 15 is 0 Å². The highest BCUT2D eigenvalue weighted by Crippen LogP contribution is 2.39. The highest BCUT2D eigenvalue weighted by molar-refractivity contribution is 8.14. The van der Waals surface area contributed by atoms with E-state index in [0.29, 0.717) is 6.54 Å². The second-order valence-corrected chi connectivity index (χ2v) is 16.8. The summed E-state index contributed by atoms with van der Waals surface area (Å²) in [5.41, 5.74) is -0.832. The molecule has 202 valence electrons. The first-order valence-electron chi connectivity index (χ1n) is 11.8. The van der Waals surface area contributed by atoms with E-state index in [2.05, 4.69) is 5.32 Å². The maximum atomic E-state index is 13.0. The number of β-lactam (4-membered cyclic amide) rings is 1. The summed E-state index contributed by atoms with van der Waals surface area (Å²) in [6, 6.07) is -0.925. The monoisotopic (exact) mass is 544 g/mol. The lowest BCUT2D eigenvalue weighted by Crippen LogP contribution is -2.70. The Morgan fingerprint density at radius 1 is 1.11 bits per heavy atom. The average molecular weight is 545 g/mol. The molecule has 0 aromatic rings. The predicted molar refractivity (Wildman–Crippen MR) is 133 cm³/mol. The van der Waals surface area contributed by atoms with Gasteiger partial charge in [-0.2, -0.15) is 0 Å². The Kier molecular flexibility index (Phi) is 9.51. The van der Waals surface area contributed by atoms with Crippen molar-refractivity contribution in [1.82, 2.24) is 10.2 Å². The van der Waals surface area contributed by atoms with Crippen LogP contribution in [0.4, 0.5) is 0 Å². The van der Waals surface area contributed by atoms with Gasteiger partial charge in [0.25, 0.3) is 0 Å². The first-order valence-corrected chi connectivity index (χ1v) is 16.1. The van der Waals surface area contributed by atoms with Crippen molar-refractivity contribution in [3.05, 3.63) is 0 Å². The van der Waals surface area contributed by atoms with Crippen molar-refractivity contribution >= 4 is 54.9 Å². The number of nitrogens with one attached hydrogen (secondary N) is 1. The molecule has 0 bridgehead atoms. The minimum absolute atomic E-state index is 0.145. The fourth-order valence-corrected chi connectivity index (χ4v) is 6.34. The topological polar surface area (TPSA) is 145 Å². The molecule has 1 unspecified atom stereocenters. The molecule has 1 N–H and O–H groups in total. The zero-order valence-corrected chi connectivity index (χ0v) is 23.9. The van der Waals surface area contributed by atoms with Crippen molar-refractivity contribution in [1.29, 1.82) is 0 Å². The van der Waals surface area contributed by atoms with Gasteiger partial charge in [-0.1, -0.05) is 18.7 Å². The minimum atomic E-state index is -2.07. The van der Waals surface area contributed by atoms with Gasteiger partial charge in [-0.3, -0.25) is 28.9 Å². The van der Waals surface area contributed by atoms with Crippen molar-refractivity contribution in [3.8, 4) is 0 Å². The number of hydrogen-bond acceptors (Lipinski definition) is 10. The van der Waals surface area contributed by atoms with Gasteiger partial charge >= 0.3 is 17.8 Å². The van der Waals surface area contributed by atoms with Gasteiger partial charge in [0, 0.05) is 24.1 Å². The van der Waals surface area contributed by atoms with Crippen molar-refractivity contribution in [3.63, 3.8) is 0 Å². The summed E-state index contributed by atoms with van der Waals surface area (Å²) < 4.78 is 15.7. The molecule has 5 atom stereocenters. The number of carbonyl (C=O) groups is 6. The molecular weight excluding hydrogens is 508 g/mol. The minimum Gasteiger partial charge on any atom is -0.427 e. The molecule has 0 aromatic heterocycles. The summed E-state index contributed by atoms with van der Waals surface area (Å²) in [7, 11) is -2.07. The lowest BCUT2D eigenvalue weighted by atomic mass is 9.77. The van der Waals surface area contributed by atoms with E-state index in [9.17, 15) is 28.8 Å². The number of nitrogens with zero attached hydrogens (tertiary/aromatic N) is 1. The summed E-state index contributed by atoms with van der Waals surface area (Å²) in [5.74, 6) is -5.66. The lowest BCUT2D eigenvalue weighted by molar-refractivity contribution is -0.188. The van der Waals surface area contributed by atoms with Crippen LogP contribution < -0.4 is 5.32 Å². The molecule has 3 amide bonds. The zero-order chi connectivity index (χ0) is 27.6. The Morgan fingerprint density at radius 3 is 2.22 bits per heavy atom. The largest absolute Gasteiger partial charge is 0.427 e. The Morgan fingerprint density at radius 2 is 1.72 bits per heavy atom. The lowest BCUT2D eigenvalue weighted by Gasteiger charge is -2.50. The summed E-state index contributed by atoms with van der Waals surface area (Å²) in [5, 5.41) is 2.12. The molecule has 0 spiro atoms. The van der Waals surface area contributed by atoms with E-state index in [1.807, 2.05) is 19.6 Å². The SMILES string of the molecule is CC(O[Si](C)(C)C)[C@H]1C(=O)N(C(=O)C(=O)OCOC(=O)C(C)(C)C)[C@@H]1[C@@H](C)C(=O)S[C@H]1CNC(=O)C1. The number of esters is 2. The Bertz CT molecular complexity index is 928. The number of likely N-dealkylation sites (tertiary alicyclic amines) is 1. The number of amides is 3. The Balaban J connectivity index is 2.16. The van der Waals surface area contributed by atoms with E-state index < -0.39 is 68.3 Å². The van der Waals surface area contributed by atoms with Crippen molar-refractivity contribution in [2.75, 3.05) is 13.3 Å². The van der Waals surface area contributed by atoms with Crippen LogP contribution in [-0.4, -0.2) is 78.7 Å². The molecule has 0 aliphatic carbocycles. The molecule has 2 saturated heterocycles. The molecule has 2 aliphatic rings. The van der Waals surface area contributed by atoms with Gasteiger partial charge in [0.05, 0.1) is 23.5 Å². The van der Waals surface area contributed by atoms with Crippen LogP contribution in [0.5, 0.6) is 0 Å². The van der Waals surface area contributed by atoms with Gasteiger partial charge in [0.2, 0.25) is 18.6 Å². The van der Waals surface area contributed by atoms with Crippen molar-refractivity contribution in [2.24, 2.45) is 17.3 Å². The van der Waals surface area contributed by atoms with Crippen LogP contribution in [-0.2, 0) is 42.7 Å². The van der Waals surface area contributed by atoms with E-state index in [4.69, 9.17) is 13.9 Å². The molecule has 11 nitrogen and oxygen atoms in total. The Hall–Kier alpha value is -2.25. The van der Waals surface area contributed by atoms with Gasteiger partial charge < -0.3 is 19.2 Å². The van der Waals surface area contributed by atoms with Gasteiger partial charge in [-0.05, 0) is 47.3 Å². The van der Waals surface area contributed by atoms with E-state index in [1.54, 1.807) is 34.6 Å². The fourth-order valence-electron chi connectivity index (χ4n) is 4.00. The highest BCUT2D eigenvalue weighted by Gasteiger charge is 2.58. The third kappa shape index (κ3) is 7.39. The summed E-state index contributed by atoms with van der Waals surface area (Å²) in [6.07, 6.45) is -0.384. The first kappa shape index (κ1) is 30.0. The van der Waals surface area contributed by atoms with Crippen LogP contribution in [0.2, 0.25) is 19.6 Å². The molecule has 13 heteroatoms. The van der Waals surface area contributed by atoms with Gasteiger partial charge in [0.1, 0.15) is 0 Å². The van der Waals surface area contributed by atoms with Gasteiger partial charge in [0.15, 0.2) is 13.4 Å². The molecule has 2 fully saturated rings. The van der Waals surface area contributed by atoms with Crippen LogP contribution in [0, 0.1) is 17.3 Å². The molecular formula is C23H36N2O9SSi. The predicted octanol–water partition coefficient (Wildman–Crippen LogP) is 1.45. The molecule has 2 heterocycles. The van der Waals surface area contributed by atoms with E-state index in [-0.39, 0.29) is 22.7 Å². The van der Waals surface area contributed by atoms with Gasteiger partial charge in [-0.15, -0.1) is 0 Å². The molecule has 0 saturated carbocycles. The number of ether oxygens (including phenoxy) is 2. The molecule has 0 aromatic carbocycles. The van der Waals surface area contributed by atoms with Crippen molar-refractivity contribution in [2.45, 2.75) is 78.1 Å². The standard InChI is InChI=1S/C23H36N2O9SSi/c1-12(21(30)35-14-9-15(26)24-10-14)17-16(13(2)34-36(6,7)8)18(27)25(17)19(28)20(29)32-11-33-22(31)23(3,4)5/h12-14,16-17H,9-11H2,1-8H3,(H,24,26)/t12-,13?,14-,16-,17-/m1/s1. The third-order valence-electron chi connectivity index (χ3n) is 5.73. The van der Waals surface area contributed by atoms with Gasteiger partial charge in [-0.25, -0.2) is 4.79 Å². The van der Waals surface area contributed by atoms with E-state index in [0.717, 1.165) is 16.7 Å². The summed E-state index contributed by atoms with van der Waals surface area (Å²) in [4.78, 5) is 75.4. The number of rotatable bonds is 8. The smallest absolute Gasteiger partial charge is 0.400 e. The zero-order valence-electron chi connectivity index (χ0n) is 22.0. The second-order valence-electron chi connectivity index (χ2n) is 11.1. The van der Waals surface area contributed by atoms with Crippen LogP contribution in [0.1, 0.15) is 41.0 Å². The maximum Gasteiger partial charge on any atom is 0.400 e. The van der Waals surface area contributed by atoms with Crippen LogP contribution in [0.3, 0.4) is 0 Å². The number of imide groups is 1. The number of thioether (sulfide) groups is 1. The van der Waals surface area contributed by atoms with Crippen molar-refractivity contribution < 1.29 is 42.7 Å². The number of hydrogen-bond donors (Lipinski definition) is 1. The normalized spacial score (nSPS) is 23.9. The first-order chi connectivity index (χ1) is 16.4. The molecule has 2 rings (SSSR count). The quantitative estimate of drug-likeness (QED) is 0.157. The van der Waals surface area contributed by atoms with Crippen LogP contribution in [0.15, 0.2) is 0 Å². The van der Waals surface area contributed by atoms with E-state index in [1.165, 1.54) is 0 Å². The number of carbonyl (C=O) groups excluding carboxylic acids is 6. The average Bonchev–Trinajstić information content (AvgIpc) is 3.13. The Labute approximate surface area is 216 Å². The van der Waals surface area contributed by atoms with Crippen LogP contribution in [0.25, 0.3) is 0 Å². The highest BCUT2D eigenvalue weighted by atomic mass is 32.2. The summed E-state index contributed by atoms with van der Waals surface area (Å²) in [6.45, 7) is 13.6. The molecule has 2 aliphatic heterocycles. The second kappa shape index (κ2) is 11.4. The fraction of sp³-hybridized carbons (Fsp3) is 0.739. The molecule has 36 heavy (non-hydrogen) atoms. The van der Waals surface area contributed by atoms with Crippen LogP contribution >= 0.6 is 11.8 Å². The maximum absolute atomic E-state index is 13.0.